The van der Waals surface area contributed by atoms with E-state index in [9.17, 15) is 149 Å². The van der Waals surface area contributed by atoms with Gasteiger partial charge in [-0.05, 0) is 97.1 Å². The largest absolute Gasteiger partial charge is 2.00 e. The molecule has 10 heterocycles. The average molecular weight is 2080 g/mol. The molecule has 58 heteroatoms. The fourth-order valence-corrected chi connectivity index (χ4v) is 8.94. The third kappa shape index (κ3) is 42.3. The molecule has 684 valence electrons. The summed E-state index contributed by atoms with van der Waals surface area (Å²) in [7, 11) is -35.9. The number of methoxy groups -OCH3 is 6. The van der Waals surface area contributed by atoms with E-state index in [0.717, 1.165) is 112 Å². The standard InChI is InChI=1S/2C17H12N2O8.2C15H11N3.2C2H3N.4F6P.2Ru/c2*1-25-15(22)6-4-8(16(23)26-2)19-12-10(6)11-7(13(20)14(12)21)5-9(18-11)17(24)27-3;2*1-3-10-16-12(6-1)14-8-5-9-15(18-14)13-7-2-4-11-17-13;2*1-2-3;4*1-7(2,3,4,5)6;;/h2*4-5,18H,1-3H3;2*1-11H;2*1H3;;;;;;/q;;;;;;4*-1;2*+2. The maximum Gasteiger partial charge on any atom is 2.00 e. The summed E-state index contributed by atoms with van der Waals surface area (Å²) in [5.41, 5.74) is 4.53. The first-order chi connectivity index (χ1) is 56.2. The Labute approximate surface area is 714 Å². The van der Waals surface area contributed by atoms with E-state index in [0.29, 0.717) is 0 Å². The van der Waals surface area contributed by atoms with Crippen molar-refractivity contribution in [2.45, 2.75) is 13.8 Å². The van der Waals surface area contributed by atoms with E-state index in [4.69, 9.17) is 20.0 Å². The molecule has 10 aromatic rings. The van der Waals surface area contributed by atoms with Gasteiger partial charge in [0.2, 0.25) is 11.6 Å². The molecule has 28 nitrogen and oxygen atoms in total. The second-order valence-corrected chi connectivity index (χ2v) is 30.4. The van der Waals surface area contributed by atoms with Crippen molar-refractivity contribution in [2.24, 2.45) is 0 Å². The van der Waals surface area contributed by atoms with Crippen molar-refractivity contribution >= 4 is 90.2 Å². The molecular weight excluding hydrogens is 2020 g/mol. The number of Topliss-reactive ketones (excluding diaryl/α,β-unsaturated/α-hetero) is 4. The van der Waals surface area contributed by atoms with Gasteiger partial charge in [-0.3, -0.25) is 39.1 Å². The summed E-state index contributed by atoms with van der Waals surface area (Å²) in [5, 5.41) is 14.6. The Morgan fingerprint density at radius 2 is 0.516 bits per heavy atom. The zero-order chi connectivity index (χ0) is 95.2. The molecule has 0 saturated heterocycles. The predicted octanol–water partition coefficient (Wildman–Crippen LogP) is 22.6. The number of pyridine rings is 8. The topological polar surface area (TPSA) is 408 Å². The number of hydrogen-bond acceptors (Lipinski definition) is 26. The number of hydrogen-bond donors (Lipinski definition) is 2. The minimum Gasteiger partial charge on any atom is -0.255 e. The van der Waals surface area contributed by atoms with Gasteiger partial charge in [-0.1, -0.05) is 36.4 Å². The molecule has 0 atom stereocenters. The van der Waals surface area contributed by atoms with Crippen molar-refractivity contribution in [2.75, 3.05) is 42.7 Å². The van der Waals surface area contributed by atoms with Crippen LogP contribution in [-0.4, -0.2) is 151 Å². The molecule has 0 saturated carbocycles. The van der Waals surface area contributed by atoms with Crippen molar-refractivity contribution < 1.29 is 216 Å². The van der Waals surface area contributed by atoms with E-state index in [1.165, 1.54) is 13.8 Å². The summed E-state index contributed by atoms with van der Waals surface area (Å²) in [5.74, 6) is -9.08. The second kappa shape index (κ2) is 39.8. The quantitative estimate of drug-likeness (QED) is 0.0321. The zero-order valence-corrected chi connectivity index (χ0v) is 70.6. The van der Waals surface area contributed by atoms with Crippen LogP contribution >= 0.6 is 31.2 Å². The maximum absolute atomic E-state index is 12.5. The number of carbonyl (C=O) groups excluding carboxylic acids is 10. The molecule has 2 N–H and O–H groups in total. The Kier molecular flexibility index (Phi) is 35.2. The third-order valence-electron chi connectivity index (χ3n) is 13.1. The van der Waals surface area contributed by atoms with Crippen LogP contribution in [-0.2, 0) is 67.4 Å². The molecule has 0 aliphatic heterocycles. The van der Waals surface area contributed by atoms with Gasteiger partial charge in [0, 0.05) is 49.8 Å². The Morgan fingerprint density at radius 3 is 0.706 bits per heavy atom. The number of ketones is 4. The van der Waals surface area contributed by atoms with Crippen LogP contribution in [0.3, 0.4) is 0 Å². The van der Waals surface area contributed by atoms with Gasteiger partial charge in [0.25, 0.3) is 11.6 Å². The minimum atomic E-state index is -10.7. The van der Waals surface area contributed by atoms with E-state index in [-0.39, 0.29) is 107 Å². The van der Waals surface area contributed by atoms with E-state index >= 15 is 0 Å². The van der Waals surface area contributed by atoms with Crippen molar-refractivity contribution in [3.8, 4) is 80.2 Å². The Morgan fingerprint density at radius 1 is 0.310 bits per heavy atom. The van der Waals surface area contributed by atoms with Crippen LogP contribution in [0.4, 0.5) is 101 Å². The molecule has 0 bridgehead atoms. The number of nitriles is 2. The molecule has 12 rings (SSSR count). The van der Waals surface area contributed by atoms with Crippen LogP contribution in [0.1, 0.15) is 118 Å². The average Bonchev–Trinajstić information content (AvgIpc) is 1.51. The van der Waals surface area contributed by atoms with Gasteiger partial charge in [0.15, 0.2) is 0 Å². The van der Waals surface area contributed by atoms with Crippen molar-refractivity contribution in [3.63, 3.8) is 0 Å². The number of nitrogens with one attached hydrogen (secondary N) is 2. The number of rotatable bonds is 10. The fraction of sp³-hybridized carbons (Fsp3) is 0.118. The van der Waals surface area contributed by atoms with Crippen LogP contribution in [0.2, 0.25) is 0 Å². The van der Waals surface area contributed by atoms with Gasteiger partial charge in [-0.15, -0.1) is 0 Å². The van der Waals surface area contributed by atoms with Crippen LogP contribution in [0.15, 0.2) is 158 Å². The predicted molar refractivity (Wildman–Crippen MR) is 392 cm³/mol. The van der Waals surface area contributed by atoms with Crippen molar-refractivity contribution in [1.29, 1.82) is 10.5 Å². The normalized spacial score (nSPS) is 13.4. The number of aromatic nitrogens is 10. The first-order valence-electron chi connectivity index (χ1n) is 31.9. The third-order valence-corrected chi connectivity index (χ3v) is 13.1. The number of H-pyrrole nitrogens is 2. The van der Waals surface area contributed by atoms with Crippen molar-refractivity contribution in [1.82, 2.24) is 49.8 Å². The Hall–Kier alpha value is -12.5. The fourth-order valence-electron chi connectivity index (χ4n) is 8.94. The molecule has 2 aliphatic carbocycles. The van der Waals surface area contributed by atoms with E-state index < -0.39 is 102 Å². The SMILES string of the molecule is CC#N.CC#N.COC(=O)c1cc(C(=O)OC)c2c(n1)C(=O)C(=O)c1cc(C(=O)OC)[nH]c1-2.COC(=O)c1cc(C(=O)OC)c2c(n1)C(=O)C(=O)c1cc(C(=O)OC)[nH]c1-2.F[P-](F)(F)(F)(F)F.F[P-](F)(F)(F)(F)F.F[P-](F)(F)(F)(F)F.F[P-](F)(F)(F)(F)F.[Ru+2].[Ru+2].c1ccc(-c2cccc(-c3ccccn3)n2)nc1.c1ccc(-c2cccc(-c3ccccn3)n2)nc1. The minimum absolute atomic E-state index is 0. The first-order valence-corrected chi connectivity index (χ1v) is 40.0. The number of aromatic amines is 2. The molecule has 0 radical (unpaired) electrons. The number of esters is 6. The molecule has 0 aromatic carbocycles. The number of carbonyl (C=O) groups is 10. The van der Waals surface area contributed by atoms with Crippen LogP contribution in [0, 0.1) is 22.7 Å². The van der Waals surface area contributed by atoms with Crippen LogP contribution < -0.4 is 0 Å². The van der Waals surface area contributed by atoms with Gasteiger partial charge in [-0.2, -0.15) is 10.5 Å². The number of fused-ring (bicyclic) bond motifs is 6. The van der Waals surface area contributed by atoms with E-state index in [2.05, 4.69) is 68.8 Å². The Bertz CT molecular complexity index is 5240. The summed E-state index contributed by atoms with van der Waals surface area (Å²) in [6.07, 6.45) is 7.07. The zero-order valence-electron chi connectivity index (χ0n) is 63.6. The van der Waals surface area contributed by atoms with Gasteiger partial charge < -0.3 is 38.4 Å². The first kappa shape index (κ1) is 112. The molecule has 0 amide bonds. The molecule has 126 heavy (non-hydrogen) atoms. The van der Waals surface area contributed by atoms with Crippen LogP contribution in [0.5, 0.6) is 0 Å². The van der Waals surface area contributed by atoms with E-state index in [1.54, 1.807) is 36.9 Å². The summed E-state index contributed by atoms with van der Waals surface area (Å²) < 4.78 is 264. The summed E-state index contributed by atoms with van der Waals surface area (Å²) >= 11 is 0. The van der Waals surface area contributed by atoms with Crippen LogP contribution in [0.25, 0.3) is 68.1 Å². The number of nitrogens with zero attached hydrogens (tertiary/aromatic N) is 10. The molecule has 0 unspecified atom stereocenters. The van der Waals surface area contributed by atoms with Gasteiger partial charge >= 0.3 is 207 Å². The van der Waals surface area contributed by atoms with Gasteiger partial charge in [0.05, 0.1) is 134 Å². The Balaban J connectivity index is 0.000000750. The summed E-state index contributed by atoms with van der Waals surface area (Å²) in [6, 6.07) is 42.9. The smallest absolute Gasteiger partial charge is 0.255 e. The second-order valence-electron chi connectivity index (χ2n) is 22.7. The molecule has 0 spiro atoms. The molecular formula is C68H52F24N12O16P4Ru2. The summed E-state index contributed by atoms with van der Waals surface area (Å²) in [4.78, 5) is 161. The molecule has 10 aromatic heterocycles. The monoisotopic (exact) mass is 2080 g/mol. The van der Waals surface area contributed by atoms with E-state index in [1.807, 2.05) is 109 Å². The number of ether oxygens (including phenoxy) is 6. The maximum atomic E-state index is 12.5. The van der Waals surface area contributed by atoms with Crippen molar-refractivity contribution in [3.05, 3.63) is 215 Å². The van der Waals surface area contributed by atoms with Gasteiger partial charge in [-0.25, -0.2) is 48.7 Å². The summed E-state index contributed by atoms with van der Waals surface area (Å²) in [6.45, 7) is 2.86. The number of halogens is 24. The molecule has 2 aliphatic rings. The van der Waals surface area contributed by atoms with Gasteiger partial charge in [0.1, 0.15) is 34.2 Å². The molecule has 0 fully saturated rings.